The first-order chi connectivity index (χ1) is 14.3. The molecule has 1 fully saturated rings. The first-order valence-corrected chi connectivity index (χ1v) is 10.1. The Kier molecular flexibility index (Phi) is 7.37. The van der Waals surface area contributed by atoms with Gasteiger partial charge in [-0.1, -0.05) is 42.5 Å². The van der Waals surface area contributed by atoms with Crippen molar-refractivity contribution in [2.45, 2.75) is 26.1 Å². The first-order valence-electron chi connectivity index (χ1n) is 10.1. The molecule has 1 heterocycles. The van der Waals surface area contributed by atoms with Gasteiger partial charge in [-0.2, -0.15) is 13.2 Å². The van der Waals surface area contributed by atoms with Crippen LogP contribution >= 0.6 is 0 Å². The molecule has 4 nitrogen and oxygen atoms in total. The highest BCUT2D eigenvalue weighted by Crippen LogP contribution is 2.23. The van der Waals surface area contributed by atoms with E-state index in [0.717, 1.165) is 30.0 Å². The number of likely N-dealkylation sites (tertiary alicyclic amines) is 1. The summed E-state index contributed by atoms with van der Waals surface area (Å²) in [5.74, 6) is -0.153. The fourth-order valence-electron chi connectivity index (χ4n) is 3.77. The molecule has 0 N–H and O–H groups in total. The normalized spacial score (nSPS) is 17.1. The smallest absolute Gasteiger partial charge is 0.406 e. The van der Waals surface area contributed by atoms with Gasteiger partial charge in [0.05, 0.1) is 0 Å². The number of rotatable bonds is 8. The van der Waals surface area contributed by atoms with Crippen molar-refractivity contribution in [1.29, 1.82) is 0 Å². The number of alkyl halides is 3. The number of hydrogen-bond acceptors (Lipinski definition) is 3. The molecule has 1 aliphatic rings. The summed E-state index contributed by atoms with van der Waals surface area (Å²) in [7, 11) is 0. The lowest BCUT2D eigenvalue weighted by Crippen LogP contribution is -2.44. The van der Waals surface area contributed by atoms with Crippen LogP contribution in [0.3, 0.4) is 0 Å². The maximum atomic E-state index is 13.1. The molecule has 1 saturated heterocycles. The zero-order valence-corrected chi connectivity index (χ0v) is 17.1. The molecule has 2 aromatic rings. The van der Waals surface area contributed by atoms with Crippen LogP contribution in [0, 0.1) is 12.8 Å². The maximum Gasteiger partial charge on any atom is 0.406 e. The molecule has 1 atom stereocenters. The molecule has 0 unspecified atom stereocenters. The minimum atomic E-state index is -4.44. The van der Waals surface area contributed by atoms with Gasteiger partial charge in [-0.3, -0.25) is 9.69 Å². The number of halogens is 3. The van der Waals surface area contributed by atoms with Crippen LogP contribution in [-0.2, 0) is 11.3 Å². The summed E-state index contributed by atoms with van der Waals surface area (Å²) in [6.45, 7) is 2.56. The van der Waals surface area contributed by atoms with Crippen molar-refractivity contribution in [3.05, 3.63) is 65.7 Å². The number of nitrogens with zero attached hydrogens (tertiary/aromatic N) is 2. The second-order valence-corrected chi connectivity index (χ2v) is 7.87. The van der Waals surface area contributed by atoms with Crippen LogP contribution in [0.2, 0.25) is 0 Å². The molecular formula is C23H27F3N2O2. The van der Waals surface area contributed by atoms with E-state index in [-0.39, 0.29) is 12.5 Å². The van der Waals surface area contributed by atoms with Gasteiger partial charge in [0.2, 0.25) is 0 Å². The summed E-state index contributed by atoms with van der Waals surface area (Å²) in [6, 6.07) is 17.1. The third-order valence-corrected chi connectivity index (χ3v) is 5.17. The number of hydrogen-bond donors (Lipinski definition) is 0. The third kappa shape index (κ3) is 7.06. The minimum Gasteiger partial charge on any atom is -0.484 e. The molecule has 30 heavy (non-hydrogen) atoms. The Bertz CT molecular complexity index is 827. The van der Waals surface area contributed by atoms with Gasteiger partial charge in [-0.15, -0.1) is 0 Å². The van der Waals surface area contributed by atoms with Gasteiger partial charge in [0.25, 0.3) is 5.91 Å². The van der Waals surface area contributed by atoms with Crippen molar-refractivity contribution < 1.29 is 22.7 Å². The fraction of sp³-hybridized carbons (Fsp3) is 0.435. The van der Waals surface area contributed by atoms with E-state index in [0.29, 0.717) is 12.3 Å². The lowest BCUT2D eigenvalue weighted by atomic mass is 10.1. The van der Waals surface area contributed by atoms with Gasteiger partial charge in [-0.05, 0) is 49.1 Å². The zero-order chi connectivity index (χ0) is 21.6. The molecule has 1 amide bonds. The average molecular weight is 420 g/mol. The van der Waals surface area contributed by atoms with E-state index in [9.17, 15) is 18.0 Å². The van der Waals surface area contributed by atoms with Crippen molar-refractivity contribution in [1.82, 2.24) is 9.80 Å². The second-order valence-electron chi connectivity index (χ2n) is 7.87. The van der Waals surface area contributed by atoms with Crippen LogP contribution < -0.4 is 4.74 Å². The van der Waals surface area contributed by atoms with Crippen LogP contribution in [0.4, 0.5) is 13.2 Å². The fourth-order valence-corrected chi connectivity index (χ4v) is 3.77. The quantitative estimate of drug-likeness (QED) is 0.639. The molecule has 3 rings (SSSR count). The maximum absolute atomic E-state index is 13.1. The lowest BCUT2D eigenvalue weighted by molar-refractivity contribution is -0.163. The highest BCUT2D eigenvalue weighted by Gasteiger charge is 2.35. The molecule has 162 valence electrons. The Morgan fingerprint density at radius 2 is 1.93 bits per heavy atom. The van der Waals surface area contributed by atoms with E-state index in [1.54, 1.807) is 18.2 Å². The van der Waals surface area contributed by atoms with Crippen molar-refractivity contribution in [3.8, 4) is 5.75 Å². The SMILES string of the molecule is Cc1cccc(OCC(=O)N(C[C@@H]2CCN(Cc3ccccc3)C2)CC(F)(F)F)c1. The minimum absolute atomic E-state index is 0.0129. The van der Waals surface area contributed by atoms with E-state index in [1.807, 2.05) is 43.3 Å². The topological polar surface area (TPSA) is 32.8 Å². The van der Waals surface area contributed by atoms with E-state index < -0.39 is 25.2 Å². The third-order valence-electron chi connectivity index (χ3n) is 5.17. The highest BCUT2D eigenvalue weighted by atomic mass is 19.4. The molecule has 0 spiro atoms. The van der Waals surface area contributed by atoms with Gasteiger partial charge in [0.15, 0.2) is 6.61 Å². The Morgan fingerprint density at radius 3 is 2.63 bits per heavy atom. The standard InChI is InChI=1S/C23H27F3N2O2/c1-18-6-5-9-21(12-18)30-16-22(29)28(17-23(24,25)26)15-20-10-11-27(14-20)13-19-7-3-2-4-8-19/h2-9,12,20H,10-11,13-17H2,1H3/t20-/m1/s1. The van der Waals surface area contributed by atoms with Gasteiger partial charge in [0.1, 0.15) is 12.3 Å². The Morgan fingerprint density at radius 1 is 1.17 bits per heavy atom. The number of aryl methyl sites for hydroxylation is 1. The predicted octanol–water partition coefficient (Wildman–Crippen LogP) is 4.29. The Balaban J connectivity index is 1.56. The van der Waals surface area contributed by atoms with E-state index in [2.05, 4.69) is 4.90 Å². The van der Waals surface area contributed by atoms with Gasteiger partial charge in [-0.25, -0.2) is 0 Å². The Hall–Kier alpha value is -2.54. The van der Waals surface area contributed by atoms with E-state index in [4.69, 9.17) is 4.74 Å². The van der Waals surface area contributed by atoms with Crippen LogP contribution in [0.25, 0.3) is 0 Å². The molecular weight excluding hydrogens is 393 g/mol. The summed E-state index contributed by atoms with van der Waals surface area (Å²) >= 11 is 0. The molecule has 1 aliphatic heterocycles. The first kappa shape index (κ1) is 22.2. The van der Waals surface area contributed by atoms with Crippen LogP contribution in [0.15, 0.2) is 54.6 Å². The molecule has 2 aromatic carbocycles. The summed E-state index contributed by atoms with van der Waals surface area (Å²) in [5, 5.41) is 0. The van der Waals surface area contributed by atoms with Crippen LogP contribution in [0.5, 0.6) is 5.75 Å². The average Bonchev–Trinajstić information content (AvgIpc) is 3.12. The molecule has 7 heteroatoms. The highest BCUT2D eigenvalue weighted by molar-refractivity contribution is 5.77. The number of carbonyl (C=O) groups is 1. The van der Waals surface area contributed by atoms with Crippen molar-refractivity contribution >= 4 is 5.91 Å². The number of ether oxygens (including phenoxy) is 1. The van der Waals surface area contributed by atoms with Crippen LogP contribution in [-0.4, -0.2) is 54.7 Å². The summed E-state index contributed by atoms with van der Waals surface area (Å²) < 4.78 is 44.7. The number of amides is 1. The number of carbonyl (C=O) groups excluding carboxylic acids is 1. The molecule has 0 bridgehead atoms. The van der Waals surface area contributed by atoms with Crippen molar-refractivity contribution in [3.63, 3.8) is 0 Å². The van der Waals surface area contributed by atoms with Gasteiger partial charge in [0, 0.05) is 19.6 Å². The molecule has 0 aromatic heterocycles. The van der Waals surface area contributed by atoms with E-state index >= 15 is 0 Å². The summed E-state index contributed by atoms with van der Waals surface area (Å²) in [6.07, 6.45) is -3.67. The molecule has 0 radical (unpaired) electrons. The lowest BCUT2D eigenvalue weighted by Gasteiger charge is -2.27. The second kappa shape index (κ2) is 9.98. The largest absolute Gasteiger partial charge is 0.484 e. The predicted molar refractivity (Wildman–Crippen MR) is 109 cm³/mol. The summed E-state index contributed by atoms with van der Waals surface area (Å²) in [4.78, 5) is 15.6. The molecule has 0 aliphatic carbocycles. The van der Waals surface area contributed by atoms with Gasteiger partial charge < -0.3 is 9.64 Å². The van der Waals surface area contributed by atoms with Crippen molar-refractivity contribution in [2.24, 2.45) is 5.92 Å². The molecule has 0 saturated carbocycles. The van der Waals surface area contributed by atoms with E-state index in [1.165, 1.54) is 5.56 Å². The van der Waals surface area contributed by atoms with Crippen molar-refractivity contribution in [2.75, 3.05) is 32.8 Å². The zero-order valence-electron chi connectivity index (χ0n) is 17.1. The van der Waals surface area contributed by atoms with Crippen LogP contribution in [0.1, 0.15) is 17.5 Å². The summed E-state index contributed by atoms with van der Waals surface area (Å²) in [5.41, 5.74) is 2.13. The monoisotopic (exact) mass is 420 g/mol. The Labute approximate surface area is 175 Å². The number of benzene rings is 2. The van der Waals surface area contributed by atoms with Gasteiger partial charge >= 0.3 is 6.18 Å².